The number of nitro groups is 1. The van der Waals surface area contributed by atoms with Crippen molar-refractivity contribution >= 4 is 24.0 Å². The number of nitrogens with zero attached hydrogens (tertiary/aromatic N) is 2. The average Bonchev–Trinajstić information content (AvgIpc) is 2.96. The summed E-state index contributed by atoms with van der Waals surface area (Å²) < 4.78 is 35.4. The van der Waals surface area contributed by atoms with Gasteiger partial charge in [-0.3, -0.25) is 10.1 Å². The van der Waals surface area contributed by atoms with Crippen LogP contribution in [0.1, 0.15) is 33.6 Å². The van der Waals surface area contributed by atoms with Crippen molar-refractivity contribution in [2.75, 3.05) is 13.1 Å². The second kappa shape index (κ2) is 11.7. The predicted octanol–water partition coefficient (Wildman–Crippen LogP) is 5.02. The van der Waals surface area contributed by atoms with Crippen LogP contribution in [-0.2, 0) is 14.4 Å². The van der Waals surface area contributed by atoms with Crippen molar-refractivity contribution in [1.29, 1.82) is 0 Å². The number of non-ortho nitro benzene ring substituents is 1. The van der Waals surface area contributed by atoms with Crippen LogP contribution in [0.5, 0.6) is 0 Å². The van der Waals surface area contributed by atoms with Gasteiger partial charge in [-0.15, -0.1) is 13.2 Å². The molecule has 0 saturated carbocycles. The van der Waals surface area contributed by atoms with E-state index in [2.05, 4.69) is 52.3 Å². The van der Waals surface area contributed by atoms with Gasteiger partial charge in [0.05, 0.1) is 9.82 Å². The molecule has 0 unspecified atom stereocenters. The van der Waals surface area contributed by atoms with E-state index in [-0.39, 0.29) is 34.3 Å². The van der Waals surface area contributed by atoms with Crippen molar-refractivity contribution in [2.24, 2.45) is 0 Å². The van der Waals surface area contributed by atoms with E-state index < -0.39 is 29.3 Å². The lowest BCUT2D eigenvalue weighted by atomic mass is 10.1. The van der Waals surface area contributed by atoms with Gasteiger partial charge in [-0.05, 0) is 43.1 Å². The third-order valence-corrected chi connectivity index (χ3v) is 13.2. The molecule has 0 spiro atoms. The summed E-state index contributed by atoms with van der Waals surface area (Å²) in [5.74, 6) is 0. The van der Waals surface area contributed by atoms with Crippen LogP contribution >= 0.6 is 0 Å². The van der Waals surface area contributed by atoms with E-state index >= 15 is 0 Å². The lowest BCUT2D eigenvalue weighted by Crippen LogP contribution is -2.47. The highest BCUT2D eigenvalue weighted by Crippen LogP contribution is 2.39. The molecule has 1 N–H and O–H groups in total. The third-order valence-electron chi connectivity index (χ3n) is 6.71. The number of sulfonamides is 1. The first-order valence-electron chi connectivity index (χ1n) is 11.8. The molecule has 1 aromatic carbocycles. The van der Waals surface area contributed by atoms with Crippen molar-refractivity contribution < 1.29 is 17.8 Å². The number of benzene rings is 1. The zero-order valence-electron chi connectivity index (χ0n) is 21.4. The van der Waals surface area contributed by atoms with Crippen LogP contribution < -0.4 is 5.32 Å². The van der Waals surface area contributed by atoms with Gasteiger partial charge >= 0.3 is 0 Å². The van der Waals surface area contributed by atoms with Crippen LogP contribution in [0.25, 0.3) is 0 Å². The number of hydrogen-bond donors (Lipinski definition) is 1. The molecule has 3 atom stereocenters. The standard InChI is InChI=1S/C25H39N3O5SSi/c1-8-16-26-20-10-11-22(19-23(18-20)33-35(6,7)25(3,4)5)27(17-9-2)34(31,32)24-14-12-21(13-15-24)28(29)30/h8-15,20,22-23,26H,1-2,16-19H2,3-7H3/t20-,22-,23-/m1/s1. The van der Waals surface area contributed by atoms with Gasteiger partial charge < -0.3 is 9.74 Å². The Morgan fingerprint density at radius 3 is 2.31 bits per heavy atom. The van der Waals surface area contributed by atoms with E-state index in [4.69, 9.17) is 4.43 Å². The molecule has 35 heavy (non-hydrogen) atoms. The van der Waals surface area contributed by atoms with Gasteiger partial charge in [-0.2, -0.15) is 4.31 Å². The fourth-order valence-corrected chi connectivity index (χ4v) is 6.72. The minimum Gasteiger partial charge on any atom is -0.414 e. The molecule has 0 saturated heterocycles. The van der Waals surface area contributed by atoms with E-state index in [1.165, 1.54) is 28.6 Å². The highest BCUT2D eigenvalue weighted by Gasteiger charge is 2.41. The molecule has 10 heteroatoms. The summed E-state index contributed by atoms with van der Waals surface area (Å²) in [7, 11) is -6.06. The Bertz CT molecular complexity index is 1030. The first-order valence-corrected chi connectivity index (χ1v) is 16.2. The molecule has 1 aromatic rings. The molecule has 1 aliphatic rings. The van der Waals surface area contributed by atoms with Crippen molar-refractivity contribution in [3.05, 3.63) is 71.8 Å². The maximum atomic E-state index is 13.6. The van der Waals surface area contributed by atoms with Crippen molar-refractivity contribution in [3.8, 4) is 0 Å². The maximum absolute atomic E-state index is 13.6. The SMILES string of the molecule is C=CCN[C@@H]1C=C[C@@H](N(CC=C)S(=O)(=O)c2ccc([N+](=O)[O-])cc2)C[C@H](O[Si](C)(C)C(C)(C)C)C1. The second-order valence-electron chi connectivity index (χ2n) is 10.3. The Morgan fingerprint density at radius 1 is 1.17 bits per heavy atom. The molecule has 0 radical (unpaired) electrons. The first kappa shape index (κ1) is 29.1. The zero-order valence-corrected chi connectivity index (χ0v) is 23.3. The predicted molar refractivity (Wildman–Crippen MR) is 143 cm³/mol. The van der Waals surface area contributed by atoms with Crippen LogP contribution in [0.2, 0.25) is 18.1 Å². The molecule has 0 fully saturated rings. The van der Waals surface area contributed by atoms with E-state index in [9.17, 15) is 18.5 Å². The smallest absolute Gasteiger partial charge is 0.269 e. The van der Waals surface area contributed by atoms with Crippen LogP contribution in [0.3, 0.4) is 0 Å². The van der Waals surface area contributed by atoms with Gasteiger partial charge in [0.15, 0.2) is 8.32 Å². The summed E-state index contributed by atoms with van der Waals surface area (Å²) >= 11 is 0. The van der Waals surface area contributed by atoms with Crippen molar-refractivity contribution in [2.45, 2.75) is 74.8 Å². The monoisotopic (exact) mass is 521 g/mol. The Morgan fingerprint density at radius 2 is 1.80 bits per heavy atom. The largest absolute Gasteiger partial charge is 0.414 e. The Kier molecular flexibility index (Phi) is 9.77. The summed E-state index contributed by atoms with van der Waals surface area (Å²) in [6.07, 6.45) is 8.33. The molecular formula is C25H39N3O5SSi. The second-order valence-corrected chi connectivity index (χ2v) is 17.0. The number of nitro benzene ring substituents is 1. The summed E-state index contributed by atoms with van der Waals surface area (Å²) in [6, 6.07) is 4.53. The van der Waals surface area contributed by atoms with E-state index in [0.29, 0.717) is 19.4 Å². The van der Waals surface area contributed by atoms with Gasteiger partial charge in [0.25, 0.3) is 5.69 Å². The van der Waals surface area contributed by atoms with Crippen LogP contribution in [0, 0.1) is 10.1 Å². The quantitative estimate of drug-likeness (QED) is 0.190. The van der Waals surface area contributed by atoms with E-state index in [1.54, 1.807) is 12.2 Å². The summed E-state index contributed by atoms with van der Waals surface area (Å²) in [4.78, 5) is 10.5. The maximum Gasteiger partial charge on any atom is 0.269 e. The van der Waals surface area contributed by atoms with E-state index in [1.807, 2.05) is 12.2 Å². The van der Waals surface area contributed by atoms with Gasteiger partial charge in [0.2, 0.25) is 10.0 Å². The fourth-order valence-electron chi connectivity index (χ4n) is 3.77. The third kappa shape index (κ3) is 7.44. The minimum atomic E-state index is -3.94. The summed E-state index contributed by atoms with van der Waals surface area (Å²) in [5.41, 5.74) is -0.160. The average molecular weight is 522 g/mol. The van der Waals surface area contributed by atoms with Crippen LogP contribution in [-0.4, -0.2) is 57.2 Å². The zero-order chi connectivity index (χ0) is 26.4. The van der Waals surface area contributed by atoms with Crippen molar-refractivity contribution in [1.82, 2.24) is 9.62 Å². The summed E-state index contributed by atoms with van der Waals surface area (Å²) in [6.45, 7) is 19.2. The fraction of sp³-hybridized carbons (Fsp3) is 0.520. The molecule has 194 valence electrons. The van der Waals surface area contributed by atoms with E-state index in [0.717, 1.165) is 0 Å². The van der Waals surface area contributed by atoms with Gasteiger partial charge in [-0.25, -0.2) is 8.42 Å². The van der Waals surface area contributed by atoms with Gasteiger partial charge in [0.1, 0.15) is 0 Å². The van der Waals surface area contributed by atoms with Gasteiger partial charge in [-0.1, -0.05) is 45.1 Å². The van der Waals surface area contributed by atoms with Crippen LogP contribution in [0.4, 0.5) is 5.69 Å². The highest BCUT2D eigenvalue weighted by atomic mass is 32.2. The molecule has 1 aliphatic carbocycles. The molecule has 8 nitrogen and oxygen atoms in total. The van der Waals surface area contributed by atoms with Crippen molar-refractivity contribution in [3.63, 3.8) is 0 Å². The Balaban J connectivity index is 2.44. The molecule has 2 rings (SSSR count). The normalized spacial score (nSPS) is 21.5. The Labute approximate surface area is 211 Å². The molecular weight excluding hydrogens is 482 g/mol. The number of rotatable bonds is 11. The molecule has 0 heterocycles. The Hall–Kier alpha value is -2.11. The first-order chi connectivity index (χ1) is 16.2. The lowest BCUT2D eigenvalue weighted by molar-refractivity contribution is -0.384. The molecule has 0 aromatic heterocycles. The summed E-state index contributed by atoms with van der Waals surface area (Å²) in [5, 5.41) is 14.4. The molecule has 0 aliphatic heterocycles. The minimum absolute atomic E-state index is 0.00536. The van der Waals surface area contributed by atoms with Crippen LogP contribution in [0.15, 0.2) is 66.6 Å². The highest BCUT2D eigenvalue weighted by molar-refractivity contribution is 7.89. The molecule has 0 amide bonds. The number of hydrogen-bond acceptors (Lipinski definition) is 6. The van der Waals surface area contributed by atoms with Gasteiger partial charge in [0, 0.05) is 43.4 Å². The lowest BCUT2D eigenvalue weighted by Gasteiger charge is -2.40. The number of nitrogens with one attached hydrogen (secondary N) is 1. The topological polar surface area (TPSA) is 102 Å². The molecule has 0 bridgehead atoms.